The van der Waals surface area contributed by atoms with Crippen molar-refractivity contribution in [3.63, 3.8) is 0 Å². The predicted octanol–water partition coefficient (Wildman–Crippen LogP) is 4.49. The molecule has 0 atom stereocenters. The molecule has 1 amide bonds. The van der Waals surface area contributed by atoms with Crippen molar-refractivity contribution in [2.75, 3.05) is 20.0 Å². The van der Waals surface area contributed by atoms with E-state index in [0.717, 1.165) is 28.1 Å². The van der Waals surface area contributed by atoms with Crippen LogP contribution in [-0.2, 0) is 17.1 Å². The Morgan fingerprint density at radius 2 is 1.90 bits per heavy atom. The van der Waals surface area contributed by atoms with E-state index in [1.807, 2.05) is 46.7 Å². The van der Waals surface area contributed by atoms with E-state index < -0.39 is 0 Å². The zero-order chi connectivity index (χ0) is 21.3. The van der Waals surface area contributed by atoms with Gasteiger partial charge in [-0.15, -0.1) is 6.42 Å². The van der Waals surface area contributed by atoms with E-state index >= 15 is 0 Å². The summed E-state index contributed by atoms with van der Waals surface area (Å²) in [5.74, 6) is 5.72. The number of thiazole rings is 1. The second-order valence-corrected chi connectivity index (χ2v) is 8.55. The molecule has 0 aliphatic carbocycles. The summed E-state index contributed by atoms with van der Waals surface area (Å²) >= 11 is 3.21. The van der Waals surface area contributed by atoms with E-state index in [2.05, 4.69) is 23.0 Å². The lowest BCUT2D eigenvalue weighted by atomic mass is 10.2. The first-order chi connectivity index (χ1) is 14.7. The Kier molecular flexibility index (Phi) is 8.00. The summed E-state index contributed by atoms with van der Waals surface area (Å²) in [6, 6.07) is 14.0. The maximum Gasteiger partial charge on any atom is 0.248 e. The van der Waals surface area contributed by atoms with Gasteiger partial charge in [0.25, 0.3) is 0 Å². The Hall–Kier alpha value is -2.69. The maximum absolute atomic E-state index is 12.5. The van der Waals surface area contributed by atoms with Crippen molar-refractivity contribution in [1.82, 2.24) is 4.57 Å². The highest BCUT2D eigenvalue weighted by Gasteiger charge is 2.16. The molecule has 3 rings (SSSR count). The molecule has 30 heavy (non-hydrogen) atoms. The van der Waals surface area contributed by atoms with Crippen molar-refractivity contribution in [2.45, 2.75) is 25.1 Å². The molecule has 0 radical (unpaired) electrons. The number of fused-ring (bicyclic) bond motifs is 1. The Morgan fingerprint density at radius 1 is 1.17 bits per heavy atom. The van der Waals surface area contributed by atoms with E-state index in [9.17, 15) is 4.79 Å². The molecular formula is C23H24N2O3S2. The minimum atomic E-state index is -0.148. The van der Waals surface area contributed by atoms with Gasteiger partial charge < -0.3 is 14.0 Å². The molecule has 0 aliphatic heterocycles. The Balaban J connectivity index is 1.73. The van der Waals surface area contributed by atoms with Crippen LogP contribution in [0.1, 0.15) is 18.4 Å². The van der Waals surface area contributed by atoms with E-state index in [4.69, 9.17) is 15.9 Å². The number of benzene rings is 2. The molecule has 3 aromatic rings. The Labute approximate surface area is 184 Å². The van der Waals surface area contributed by atoms with Crippen LogP contribution in [0.15, 0.2) is 47.5 Å². The fourth-order valence-corrected chi connectivity index (χ4v) is 5.11. The van der Waals surface area contributed by atoms with Crippen LogP contribution in [0, 0.1) is 12.3 Å². The zero-order valence-corrected chi connectivity index (χ0v) is 18.7. The molecule has 0 saturated carbocycles. The largest absolute Gasteiger partial charge is 0.495 e. The van der Waals surface area contributed by atoms with Crippen molar-refractivity contribution >= 4 is 39.2 Å². The van der Waals surface area contributed by atoms with Gasteiger partial charge in [-0.1, -0.05) is 47.6 Å². The summed E-state index contributed by atoms with van der Waals surface area (Å²) in [7, 11) is 3.22. The van der Waals surface area contributed by atoms with Crippen molar-refractivity contribution < 1.29 is 14.3 Å². The second-order valence-electron chi connectivity index (χ2n) is 6.47. The number of rotatable bonds is 9. The van der Waals surface area contributed by atoms with Gasteiger partial charge >= 0.3 is 0 Å². The molecule has 0 saturated heterocycles. The number of carbonyl (C=O) groups is 1. The van der Waals surface area contributed by atoms with E-state index in [1.54, 1.807) is 14.2 Å². The summed E-state index contributed by atoms with van der Waals surface area (Å²) in [6.45, 7) is 0.294. The number of hydrogen-bond donors (Lipinski definition) is 0. The number of carbonyl (C=O) groups excluding carboxylic acids is 1. The van der Waals surface area contributed by atoms with E-state index in [1.165, 1.54) is 16.9 Å². The third-order valence-electron chi connectivity index (χ3n) is 4.45. The maximum atomic E-state index is 12.5. The van der Waals surface area contributed by atoms with Crippen molar-refractivity contribution in [1.29, 1.82) is 0 Å². The van der Waals surface area contributed by atoms with Crippen LogP contribution in [0.5, 0.6) is 11.5 Å². The lowest BCUT2D eigenvalue weighted by Crippen LogP contribution is -2.16. The predicted molar refractivity (Wildman–Crippen MR) is 124 cm³/mol. The topological polar surface area (TPSA) is 52.8 Å². The number of nitrogens with zero attached hydrogens (tertiary/aromatic N) is 2. The van der Waals surface area contributed by atoms with Crippen LogP contribution >= 0.6 is 23.1 Å². The quantitative estimate of drug-likeness (QED) is 0.363. The first kappa shape index (κ1) is 22.0. The molecule has 0 N–H and O–H groups in total. The van der Waals surface area contributed by atoms with Crippen molar-refractivity contribution in [3.8, 4) is 23.8 Å². The molecule has 0 spiro atoms. The van der Waals surface area contributed by atoms with Crippen LogP contribution in [0.4, 0.5) is 0 Å². The van der Waals surface area contributed by atoms with Crippen LogP contribution in [-0.4, -0.2) is 30.4 Å². The monoisotopic (exact) mass is 440 g/mol. The molecular weight excluding hydrogens is 416 g/mol. The SMILES string of the molecule is C#CCn1c(=NC(=O)CCCSCc2ccccc2)sc2c(OC)ccc(OC)c21. The molecule has 1 aromatic heterocycles. The van der Waals surface area contributed by atoms with Gasteiger partial charge in [0.05, 0.1) is 20.8 Å². The molecule has 7 heteroatoms. The number of aromatic nitrogens is 1. The van der Waals surface area contributed by atoms with Crippen LogP contribution < -0.4 is 14.3 Å². The highest BCUT2D eigenvalue weighted by molar-refractivity contribution is 7.98. The van der Waals surface area contributed by atoms with Gasteiger partial charge in [0.2, 0.25) is 5.91 Å². The smallest absolute Gasteiger partial charge is 0.248 e. The minimum absolute atomic E-state index is 0.148. The van der Waals surface area contributed by atoms with Gasteiger partial charge in [0, 0.05) is 12.2 Å². The molecule has 1 heterocycles. The number of thioether (sulfide) groups is 1. The van der Waals surface area contributed by atoms with E-state index in [-0.39, 0.29) is 5.91 Å². The highest BCUT2D eigenvalue weighted by Crippen LogP contribution is 2.35. The molecule has 5 nitrogen and oxygen atoms in total. The highest BCUT2D eigenvalue weighted by atomic mass is 32.2. The molecule has 0 aliphatic rings. The number of methoxy groups -OCH3 is 2. The lowest BCUT2D eigenvalue weighted by Gasteiger charge is -2.08. The minimum Gasteiger partial charge on any atom is -0.495 e. The first-order valence-corrected chi connectivity index (χ1v) is 11.5. The van der Waals surface area contributed by atoms with Gasteiger partial charge in [0.1, 0.15) is 21.7 Å². The van der Waals surface area contributed by atoms with Gasteiger partial charge in [-0.2, -0.15) is 16.8 Å². The number of ether oxygens (including phenoxy) is 2. The molecule has 0 fully saturated rings. The van der Waals surface area contributed by atoms with Crippen molar-refractivity contribution in [3.05, 3.63) is 52.8 Å². The zero-order valence-electron chi connectivity index (χ0n) is 17.1. The molecule has 2 aromatic carbocycles. The third-order valence-corrected chi connectivity index (χ3v) is 6.66. The summed E-state index contributed by atoms with van der Waals surface area (Å²) in [6.07, 6.45) is 6.75. The van der Waals surface area contributed by atoms with Gasteiger partial charge in [0.15, 0.2) is 4.80 Å². The molecule has 156 valence electrons. The van der Waals surface area contributed by atoms with Crippen molar-refractivity contribution in [2.24, 2.45) is 4.99 Å². The second kappa shape index (κ2) is 10.9. The fraction of sp³-hybridized carbons (Fsp3) is 0.304. The average molecular weight is 441 g/mol. The number of hydrogen-bond acceptors (Lipinski definition) is 5. The summed E-state index contributed by atoms with van der Waals surface area (Å²) < 4.78 is 13.7. The number of amides is 1. The van der Waals surface area contributed by atoms with Gasteiger partial charge in [-0.25, -0.2) is 0 Å². The Morgan fingerprint density at radius 3 is 2.60 bits per heavy atom. The normalized spacial score (nSPS) is 11.4. The van der Waals surface area contributed by atoms with Crippen LogP contribution in [0.3, 0.4) is 0 Å². The lowest BCUT2D eigenvalue weighted by molar-refractivity contribution is -0.118. The summed E-state index contributed by atoms with van der Waals surface area (Å²) in [5, 5.41) is 0. The van der Waals surface area contributed by atoms with Crippen LogP contribution in [0.2, 0.25) is 0 Å². The first-order valence-electron chi connectivity index (χ1n) is 9.55. The average Bonchev–Trinajstić information content (AvgIpc) is 3.12. The Bertz CT molecular complexity index is 1110. The third kappa shape index (κ3) is 5.26. The summed E-state index contributed by atoms with van der Waals surface area (Å²) in [5.41, 5.74) is 2.09. The fourth-order valence-electron chi connectivity index (χ4n) is 3.03. The molecule has 0 unspecified atom stereocenters. The number of terminal acetylenes is 1. The van der Waals surface area contributed by atoms with Gasteiger partial charge in [-0.3, -0.25) is 4.79 Å². The van der Waals surface area contributed by atoms with Gasteiger partial charge in [-0.05, 0) is 29.9 Å². The van der Waals surface area contributed by atoms with Crippen LogP contribution in [0.25, 0.3) is 10.2 Å². The summed E-state index contributed by atoms with van der Waals surface area (Å²) in [4.78, 5) is 17.4. The van der Waals surface area contributed by atoms with E-state index in [0.29, 0.717) is 29.3 Å². The standard InChI is InChI=1S/C23H24N2O3S2/c1-4-14-25-21-18(27-2)12-13-19(28-3)22(21)30-23(25)24-20(26)11-8-15-29-16-17-9-6-5-7-10-17/h1,5-7,9-10,12-13H,8,11,14-16H2,2-3H3. The molecule has 0 bridgehead atoms.